The van der Waals surface area contributed by atoms with Gasteiger partial charge >= 0.3 is 0 Å². The molecule has 1 saturated heterocycles. The highest BCUT2D eigenvalue weighted by Gasteiger charge is 2.40. The van der Waals surface area contributed by atoms with Gasteiger partial charge in [0.25, 0.3) is 5.91 Å². The van der Waals surface area contributed by atoms with Crippen LogP contribution < -0.4 is 5.32 Å². The lowest BCUT2D eigenvalue weighted by molar-refractivity contribution is -0.138. The predicted molar refractivity (Wildman–Crippen MR) is 63.9 cm³/mol. The van der Waals surface area contributed by atoms with E-state index >= 15 is 0 Å². The van der Waals surface area contributed by atoms with E-state index in [0.717, 1.165) is 4.90 Å². The maximum Gasteiger partial charge on any atom is 0.263 e. The quantitative estimate of drug-likeness (QED) is 0.696. The van der Waals surface area contributed by atoms with Gasteiger partial charge in [-0.25, -0.2) is 0 Å². The number of nitrogens with one attached hydrogen (secondary N) is 1. The van der Waals surface area contributed by atoms with E-state index in [1.54, 1.807) is 24.3 Å². The van der Waals surface area contributed by atoms with Gasteiger partial charge in [0.2, 0.25) is 11.8 Å². The van der Waals surface area contributed by atoms with E-state index in [1.165, 1.54) is 0 Å². The van der Waals surface area contributed by atoms with Crippen molar-refractivity contribution in [3.05, 3.63) is 29.8 Å². The van der Waals surface area contributed by atoms with Crippen LogP contribution in [0.1, 0.15) is 29.6 Å². The summed E-state index contributed by atoms with van der Waals surface area (Å²) in [5, 5.41) is 2.72. The Morgan fingerprint density at radius 2 is 1.94 bits per heavy atom. The molecule has 3 rings (SSSR count). The molecule has 2 aliphatic heterocycles. The number of hydrogen-bond acceptors (Lipinski definition) is 3. The van der Waals surface area contributed by atoms with Crippen LogP contribution in [0.3, 0.4) is 0 Å². The first-order valence-electron chi connectivity index (χ1n) is 5.95. The lowest BCUT2D eigenvalue weighted by Gasteiger charge is -2.30. The van der Waals surface area contributed by atoms with Gasteiger partial charge in [0.1, 0.15) is 6.04 Å². The number of rotatable bonds is 0. The molecule has 0 aromatic heterocycles. The number of fused-ring (bicyclic) bond motifs is 2. The number of amides is 3. The van der Waals surface area contributed by atoms with Crippen molar-refractivity contribution >= 4 is 23.4 Å². The number of carbonyl (C=O) groups is 3. The molecule has 0 radical (unpaired) electrons. The standard InChI is InChI=1S/C13H12N2O3/c16-11-7-3-6-10-12(17)14-9-5-2-1-4-8(9)13(18)15(10)11/h1-2,4-5,10H,3,6-7H2,(H,14,17). The molecule has 5 heteroatoms. The van der Waals surface area contributed by atoms with Gasteiger partial charge in [0, 0.05) is 6.42 Å². The van der Waals surface area contributed by atoms with Crippen molar-refractivity contribution in [3.8, 4) is 0 Å². The molecule has 18 heavy (non-hydrogen) atoms. The van der Waals surface area contributed by atoms with Gasteiger partial charge in [-0.2, -0.15) is 0 Å². The number of benzene rings is 1. The first-order chi connectivity index (χ1) is 8.68. The second kappa shape index (κ2) is 3.94. The van der Waals surface area contributed by atoms with Crippen molar-refractivity contribution in [1.82, 2.24) is 4.90 Å². The summed E-state index contributed by atoms with van der Waals surface area (Å²) in [4.78, 5) is 37.4. The molecule has 1 fully saturated rings. The van der Waals surface area contributed by atoms with Gasteiger partial charge in [0.05, 0.1) is 11.3 Å². The topological polar surface area (TPSA) is 66.5 Å². The molecule has 1 aromatic rings. The minimum atomic E-state index is -0.661. The van der Waals surface area contributed by atoms with Gasteiger partial charge in [-0.1, -0.05) is 12.1 Å². The minimum Gasteiger partial charge on any atom is -0.324 e. The van der Waals surface area contributed by atoms with Gasteiger partial charge < -0.3 is 5.32 Å². The Morgan fingerprint density at radius 3 is 2.78 bits per heavy atom. The van der Waals surface area contributed by atoms with Crippen molar-refractivity contribution < 1.29 is 14.4 Å². The molecular weight excluding hydrogens is 232 g/mol. The summed E-state index contributed by atoms with van der Waals surface area (Å²) in [7, 11) is 0. The molecule has 3 amide bonds. The van der Waals surface area contributed by atoms with Crippen molar-refractivity contribution in [2.45, 2.75) is 25.3 Å². The SMILES string of the molecule is O=C1Nc2ccccc2C(=O)N2C(=O)CCCC12. The fraction of sp³-hybridized carbons (Fsp3) is 0.308. The molecular formula is C13H12N2O3. The van der Waals surface area contributed by atoms with Crippen molar-refractivity contribution in [3.63, 3.8) is 0 Å². The van der Waals surface area contributed by atoms with E-state index in [1.807, 2.05) is 0 Å². The lowest BCUT2D eigenvalue weighted by Crippen LogP contribution is -2.51. The Balaban J connectivity index is 2.12. The third kappa shape index (κ3) is 1.51. The number of imide groups is 1. The smallest absolute Gasteiger partial charge is 0.263 e. The molecule has 1 aromatic carbocycles. The number of piperidine rings is 1. The Hall–Kier alpha value is -2.17. The summed E-state index contributed by atoms with van der Waals surface area (Å²) in [5.74, 6) is -0.914. The molecule has 2 aliphatic rings. The Bertz CT molecular complexity index is 553. The Kier molecular flexibility index (Phi) is 2.40. The van der Waals surface area contributed by atoms with Crippen LogP contribution in [0, 0.1) is 0 Å². The van der Waals surface area contributed by atoms with Gasteiger partial charge in [-0.3, -0.25) is 19.3 Å². The van der Waals surface area contributed by atoms with Gasteiger partial charge in [-0.05, 0) is 25.0 Å². The fourth-order valence-electron chi connectivity index (χ4n) is 2.50. The number of carbonyl (C=O) groups excluding carboxylic acids is 3. The summed E-state index contributed by atoms with van der Waals surface area (Å²) in [6, 6.07) is 6.11. The summed E-state index contributed by atoms with van der Waals surface area (Å²) in [6.07, 6.45) is 1.52. The first kappa shape index (κ1) is 11.0. The fourth-order valence-corrected chi connectivity index (χ4v) is 2.50. The average Bonchev–Trinajstić information content (AvgIpc) is 2.48. The van der Waals surface area contributed by atoms with E-state index in [9.17, 15) is 14.4 Å². The Labute approximate surface area is 104 Å². The van der Waals surface area contributed by atoms with E-state index in [4.69, 9.17) is 0 Å². The normalized spacial score (nSPS) is 23.0. The van der Waals surface area contributed by atoms with Crippen molar-refractivity contribution in [2.24, 2.45) is 0 Å². The zero-order chi connectivity index (χ0) is 12.7. The molecule has 0 spiro atoms. The summed E-state index contributed by atoms with van der Waals surface area (Å²) in [5.41, 5.74) is 0.860. The highest BCUT2D eigenvalue weighted by Crippen LogP contribution is 2.28. The highest BCUT2D eigenvalue weighted by atomic mass is 16.2. The highest BCUT2D eigenvalue weighted by molar-refractivity contribution is 6.15. The molecule has 0 aliphatic carbocycles. The maximum absolute atomic E-state index is 12.3. The first-order valence-corrected chi connectivity index (χ1v) is 5.95. The minimum absolute atomic E-state index is 0.261. The van der Waals surface area contributed by atoms with Gasteiger partial charge in [0.15, 0.2) is 0 Å². The van der Waals surface area contributed by atoms with E-state index in [2.05, 4.69) is 5.32 Å². The molecule has 1 N–H and O–H groups in total. The maximum atomic E-state index is 12.3. The number of para-hydroxylation sites is 1. The second-order valence-corrected chi connectivity index (χ2v) is 4.51. The number of nitrogens with zero attached hydrogens (tertiary/aromatic N) is 1. The summed E-state index contributed by atoms with van der Waals surface area (Å²) >= 11 is 0. The summed E-state index contributed by atoms with van der Waals surface area (Å²) in [6.45, 7) is 0. The molecule has 1 atom stereocenters. The van der Waals surface area contributed by atoms with E-state index in [0.29, 0.717) is 30.5 Å². The molecule has 2 heterocycles. The molecule has 5 nitrogen and oxygen atoms in total. The van der Waals surface area contributed by atoms with Crippen LogP contribution in [0.5, 0.6) is 0 Å². The largest absolute Gasteiger partial charge is 0.324 e. The molecule has 1 unspecified atom stereocenters. The van der Waals surface area contributed by atoms with Gasteiger partial charge in [-0.15, -0.1) is 0 Å². The van der Waals surface area contributed by atoms with E-state index < -0.39 is 6.04 Å². The second-order valence-electron chi connectivity index (χ2n) is 4.51. The van der Waals surface area contributed by atoms with Crippen LogP contribution in [0.15, 0.2) is 24.3 Å². The summed E-state index contributed by atoms with van der Waals surface area (Å²) < 4.78 is 0. The van der Waals surface area contributed by atoms with Crippen molar-refractivity contribution in [2.75, 3.05) is 5.32 Å². The zero-order valence-corrected chi connectivity index (χ0v) is 9.68. The molecule has 92 valence electrons. The predicted octanol–water partition coefficient (Wildman–Crippen LogP) is 1.16. The van der Waals surface area contributed by atoms with Crippen LogP contribution in [0.2, 0.25) is 0 Å². The van der Waals surface area contributed by atoms with Crippen LogP contribution >= 0.6 is 0 Å². The third-order valence-electron chi connectivity index (χ3n) is 3.39. The van der Waals surface area contributed by atoms with E-state index in [-0.39, 0.29) is 17.7 Å². The van der Waals surface area contributed by atoms with Crippen molar-refractivity contribution in [1.29, 1.82) is 0 Å². The van der Waals surface area contributed by atoms with Crippen LogP contribution in [0.25, 0.3) is 0 Å². The van der Waals surface area contributed by atoms with Crippen LogP contribution in [0.4, 0.5) is 5.69 Å². The molecule has 0 saturated carbocycles. The molecule has 0 bridgehead atoms. The van der Waals surface area contributed by atoms with Crippen LogP contribution in [-0.4, -0.2) is 28.7 Å². The number of hydrogen-bond donors (Lipinski definition) is 1. The zero-order valence-electron chi connectivity index (χ0n) is 9.68. The third-order valence-corrected chi connectivity index (χ3v) is 3.39. The average molecular weight is 244 g/mol. The van der Waals surface area contributed by atoms with Crippen LogP contribution in [-0.2, 0) is 9.59 Å². The monoisotopic (exact) mass is 244 g/mol. The Morgan fingerprint density at radius 1 is 1.17 bits per heavy atom. The number of anilines is 1. The lowest BCUT2D eigenvalue weighted by atomic mass is 10.0.